The van der Waals surface area contributed by atoms with Gasteiger partial charge in [0.1, 0.15) is 0 Å². The monoisotopic (exact) mass is 177 g/mol. The van der Waals surface area contributed by atoms with Crippen molar-refractivity contribution in [3.05, 3.63) is 0 Å². The molecule has 0 saturated carbocycles. The molecule has 1 aliphatic heterocycles. The lowest BCUT2D eigenvalue weighted by atomic mass is 10.2. The van der Waals surface area contributed by atoms with Crippen molar-refractivity contribution in [3.63, 3.8) is 0 Å². The molecular weight excluding hydrogens is 166 g/mol. The second-order valence-corrected chi connectivity index (χ2v) is 3.42. The summed E-state index contributed by atoms with van der Waals surface area (Å²) in [4.78, 5) is 12.7. The third-order valence-corrected chi connectivity index (χ3v) is 2.25. The molecule has 0 spiro atoms. The van der Waals surface area contributed by atoms with Gasteiger partial charge < -0.3 is 9.64 Å². The normalized spacial score (nSPS) is 30.6. The van der Waals surface area contributed by atoms with E-state index in [4.69, 9.17) is 11.6 Å². The van der Waals surface area contributed by atoms with E-state index >= 15 is 0 Å². The van der Waals surface area contributed by atoms with Gasteiger partial charge in [0.15, 0.2) is 0 Å². The fraction of sp³-hybridized carbons (Fsp3) is 0.857. The van der Waals surface area contributed by atoms with Crippen LogP contribution in [0.5, 0.6) is 0 Å². The molecule has 0 aliphatic carbocycles. The lowest BCUT2D eigenvalue weighted by Crippen LogP contribution is -2.33. The number of carbonyl (C=O) groups is 1. The van der Waals surface area contributed by atoms with E-state index in [0.29, 0.717) is 6.54 Å². The van der Waals surface area contributed by atoms with Crippen molar-refractivity contribution >= 4 is 17.7 Å². The average Bonchev–Trinajstić information content (AvgIpc) is 2.28. The van der Waals surface area contributed by atoms with E-state index in [1.807, 2.05) is 6.92 Å². The van der Waals surface area contributed by atoms with Gasteiger partial charge in [-0.2, -0.15) is 0 Å². The van der Waals surface area contributed by atoms with Gasteiger partial charge in [-0.05, 0) is 13.3 Å². The van der Waals surface area contributed by atoms with Crippen molar-refractivity contribution < 1.29 is 9.53 Å². The molecular formula is C7H12ClNO2. The third-order valence-electron chi connectivity index (χ3n) is 1.93. The number of hydrogen-bond donors (Lipinski definition) is 0. The molecule has 0 bridgehead atoms. The van der Waals surface area contributed by atoms with Crippen LogP contribution in [-0.4, -0.2) is 36.1 Å². The van der Waals surface area contributed by atoms with Crippen molar-refractivity contribution in [3.8, 4) is 0 Å². The minimum atomic E-state index is -0.277. The average molecular weight is 178 g/mol. The van der Waals surface area contributed by atoms with Gasteiger partial charge in [0.25, 0.3) is 0 Å². The lowest BCUT2D eigenvalue weighted by Gasteiger charge is -2.18. The standard InChI is InChI=1S/C7H12ClNO2/c1-5-3-6(8)4-9(5)7(10)11-2/h5-6H,3-4H2,1-2H3/t5-,6?/m1/s1. The van der Waals surface area contributed by atoms with Crippen molar-refractivity contribution in [2.75, 3.05) is 13.7 Å². The second kappa shape index (κ2) is 3.30. The molecule has 1 saturated heterocycles. The highest BCUT2D eigenvalue weighted by Gasteiger charge is 2.31. The largest absolute Gasteiger partial charge is 0.453 e. The van der Waals surface area contributed by atoms with E-state index in [9.17, 15) is 4.79 Å². The molecule has 1 heterocycles. The number of halogens is 1. The van der Waals surface area contributed by atoms with Crippen LogP contribution in [0.15, 0.2) is 0 Å². The van der Waals surface area contributed by atoms with Gasteiger partial charge in [-0.25, -0.2) is 4.79 Å². The van der Waals surface area contributed by atoms with Gasteiger partial charge in [0.2, 0.25) is 0 Å². The molecule has 3 nitrogen and oxygen atoms in total. The van der Waals surface area contributed by atoms with Crippen LogP contribution in [0.4, 0.5) is 4.79 Å². The van der Waals surface area contributed by atoms with E-state index in [2.05, 4.69) is 4.74 Å². The fourth-order valence-electron chi connectivity index (χ4n) is 1.34. The molecule has 64 valence electrons. The molecule has 1 amide bonds. The third kappa shape index (κ3) is 1.77. The van der Waals surface area contributed by atoms with Gasteiger partial charge in [0.05, 0.1) is 12.5 Å². The van der Waals surface area contributed by atoms with Gasteiger partial charge in [-0.15, -0.1) is 11.6 Å². The second-order valence-electron chi connectivity index (χ2n) is 2.80. The van der Waals surface area contributed by atoms with Crippen LogP contribution >= 0.6 is 11.6 Å². The minimum Gasteiger partial charge on any atom is -0.453 e. The topological polar surface area (TPSA) is 29.5 Å². The first-order chi connectivity index (χ1) is 5.15. The summed E-state index contributed by atoms with van der Waals surface area (Å²) in [5, 5.41) is 0.0871. The maximum atomic E-state index is 11.0. The lowest BCUT2D eigenvalue weighted by molar-refractivity contribution is 0.122. The van der Waals surface area contributed by atoms with Gasteiger partial charge >= 0.3 is 6.09 Å². The molecule has 1 rings (SSSR count). The Morgan fingerprint density at radius 1 is 1.73 bits per heavy atom. The number of amides is 1. The van der Waals surface area contributed by atoms with Crippen molar-refractivity contribution in [1.82, 2.24) is 4.90 Å². The Balaban J connectivity index is 2.52. The van der Waals surface area contributed by atoms with Gasteiger partial charge in [-0.3, -0.25) is 0 Å². The van der Waals surface area contributed by atoms with Crippen LogP contribution in [-0.2, 0) is 4.74 Å². The van der Waals surface area contributed by atoms with Gasteiger partial charge in [0, 0.05) is 12.6 Å². The summed E-state index contributed by atoms with van der Waals surface area (Å²) in [6.07, 6.45) is 0.581. The molecule has 4 heteroatoms. The number of ether oxygens (including phenoxy) is 1. The number of methoxy groups -OCH3 is 1. The maximum Gasteiger partial charge on any atom is 0.409 e. The zero-order valence-electron chi connectivity index (χ0n) is 6.71. The first kappa shape index (κ1) is 8.65. The summed E-state index contributed by atoms with van der Waals surface area (Å²) in [6, 6.07) is 0.213. The summed E-state index contributed by atoms with van der Waals surface area (Å²) in [5.74, 6) is 0. The van der Waals surface area contributed by atoms with Crippen molar-refractivity contribution in [1.29, 1.82) is 0 Å². The smallest absolute Gasteiger partial charge is 0.409 e. The summed E-state index contributed by atoms with van der Waals surface area (Å²) in [6.45, 7) is 2.58. The Kier molecular flexibility index (Phi) is 2.60. The number of alkyl halides is 1. The zero-order valence-corrected chi connectivity index (χ0v) is 7.47. The first-order valence-corrected chi connectivity index (χ1v) is 4.07. The molecule has 1 fully saturated rings. The molecule has 0 radical (unpaired) electrons. The Morgan fingerprint density at radius 3 is 2.73 bits per heavy atom. The summed E-state index contributed by atoms with van der Waals surface area (Å²) < 4.78 is 4.58. The molecule has 0 N–H and O–H groups in total. The number of rotatable bonds is 0. The van der Waals surface area contributed by atoms with Gasteiger partial charge in [-0.1, -0.05) is 0 Å². The quantitative estimate of drug-likeness (QED) is 0.525. The van der Waals surface area contributed by atoms with E-state index in [0.717, 1.165) is 6.42 Å². The molecule has 1 unspecified atom stereocenters. The molecule has 0 aromatic carbocycles. The van der Waals surface area contributed by atoms with Crippen LogP contribution in [0.1, 0.15) is 13.3 Å². The summed E-state index contributed by atoms with van der Waals surface area (Å²) in [7, 11) is 1.39. The predicted octanol–water partition coefficient (Wildman–Crippen LogP) is 1.45. The Labute approximate surface area is 71.3 Å². The number of hydrogen-bond acceptors (Lipinski definition) is 2. The van der Waals surface area contributed by atoms with E-state index in [-0.39, 0.29) is 17.5 Å². The molecule has 0 aromatic rings. The first-order valence-electron chi connectivity index (χ1n) is 3.63. The van der Waals surface area contributed by atoms with Crippen LogP contribution in [0.2, 0.25) is 0 Å². The number of nitrogens with zero attached hydrogens (tertiary/aromatic N) is 1. The summed E-state index contributed by atoms with van der Waals surface area (Å²) >= 11 is 5.85. The number of likely N-dealkylation sites (tertiary alicyclic amines) is 1. The molecule has 11 heavy (non-hydrogen) atoms. The van der Waals surface area contributed by atoms with E-state index < -0.39 is 0 Å². The van der Waals surface area contributed by atoms with Crippen molar-refractivity contribution in [2.24, 2.45) is 0 Å². The molecule has 0 aromatic heterocycles. The Hall–Kier alpha value is -0.440. The van der Waals surface area contributed by atoms with Crippen LogP contribution in [0.3, 0.4) is 0 Å². The minimum absolute atomic E-state index is 0.0871. The van der Waals surface area contributed by atoms with Crippen LogP contribution in [0, 0.1) is 0 Å². The highest BCUT2D eigenvalue weighted by molar-refractivity contribution is 6.21. The molecule has 2 atom stereocenters. The molecule has 1 aliphatic rings. The zero-order chi connectivity index (χ0) is 8.43. The summed E-state index contributed by atoms with van der Waals surface area (Å²) in [5.41, 5.74) is 0. The number of carbonyl (C=O) groups excluding carboxylic acids is 1. The predicted molar refractivity (Wildman–Crippen MR) is 42.8 cm³/mol. The Bertz CT molecular complexity index is 163. The SMILES string of the molecule is COC(=O)N1CC(Cl)C[C@H]1C. The maximum absolute atomic E-state index is 11.0. The van der Waals surface area contributed by atoms with Crippen molar-refractivity contribution in [2.45, 2.75) is 24.8 Å². The highest BCUT2D eigenvalue weighted by atomic mass is 35.5. The van der Waals surface area contributed by atoms with Crippen LogP contribution in [0.25, 0.3) is 0 Å². The van der Waals surface area contributed by atoms with E-state index in [1.165, 1.54) is 7.11 Å². The van der Waals surface area contributed by atoms with Crippen LogP contribution < -0.4 is 0 Å². The van der Waals surface area contributed by atoms with E-state index in [1.54, 1.807) is 4.90 Å². The highest BCUT2D eigenvalue weighted by Crippen LogP contribution is 2.21. The fourth-order valence-corrected chi connectivity index (χ4v) is 1.74. The Morgan fingerprint density at radius 2 is 2.36 bits per heavy atom.